The minimum Gasteiger partial charge on any atom is -0.444 e. The summed E-state index contributed by atoms with van der Waals surface area (Å²) in [6.45, 7) is 7.35. The van der Waals surface area contributed by atoms with Gasteiger partial charge in [-0.3, -0.25) is 4.79 Å². The van der Waals surface area contributed by atoms with Crippen molar-refractivity contribution in [3.05, 3.63) is 18.2 Å². The van der Waals surface area contributed by atoms with Crippen LogP contribution in [-0.2, 0) is 19.4 Å². The molecule has 28 heavy (non-hydrogen) atoms. The van der Waals surface area contributed by atoms with Gasteiger partial charge in [0, 0.05) is 12.8 Å². The van der Waals surface area contributed by atoms with Crippen LogP contribution in [-0.4, -0.2) is 44.9 Å². The monoisotopic (exact) mass is 411 g/mol. The number of para-hydroxylation sites is 1. The van der Waals surface area contributed by atoms with Gasteiger partial charge in [0.25, 0.3) is 0 Å². The zero-order valence-corrected chi connectivity index (χ0v) is 17.8. The van der Waals surface area contributed by atoms with Gasteiger partial charge in [0.1, 0.15) is 11.6 Å². The topological polar surface area (TPSA) is 114 Å². The molecule has 0 spiro atoms. The molecule has 1 aromatic rings. The highest BCUT2D eigenvalue weighted by Gasteiger charge is 2.25. The second-order valence-electron chi connectivity index (χ2n) is 8.13. The van der Waals surface area contributed by atoms with Gasteiger partial charge >= 0.3 is 6.09 Å². The molecular formula is C19H29N3O5S. The van der Waals surface area contributed by atoms with E-state index in [4.69, 9.17) is 4.74 Å². The molecule has 0 aromatic heterocycles. The van der Waals surface area contributed by atoms with E-state index in [0.717, 1.165) is 19.1 Å². The number of alkyl carbamates (subject to hydrolysis) is 1. The van der Waals surface area contributed by atoms with Crippen molar-refractivity contribution in [2.75, 3.05) is 23.4 Å². The molecule has 1 fully saturated rings. The SMILES string of the molecule is C[C@H](NC(=O)OC(C)(C)C)C(=O)Nc1cccc(S(C)(=O)=O)c1NCC1CC1. The van der Waals surface area contributed by atoms with Gasteiger partial charge in [-0.2, -0.15) is 0 Å². The number of sulfone groups is 1. The third-order valence-electron chi connectivity index (χ3n) is 4.07. The van der Waals surface area contributed by atoms with Gasteiger partial charge in [-0.15, -0.1) is 0 Å². The zero-order chi connectivity index (χ0) is 21.1. The van der Waals surface area contributed by atoms with Crippen LogP contribution in [0.25, 0.3) is 0 Å². The van der Waals surface area contributed by atoms with Gasteiger partial charge in [-0.1, -0.05) is 6.07 Å². The van der Waals surface area contributed by atoms with Gasteiger partial charge in [0.15, 0.2) is 9.84 Å². The Labute approximate surface area is 166 Å². The molecule has 156 valence electrons. The molecule has 3 N–H and O–H groups in total. The second-order valence-corrected chi connectivity index (χ2v) is 10.1. The minimum absolute atomic E-state index is 0.124. The summed E-state index contributed by atoms with van der Waals surface area (Å²) in [6.07, 6.45) is 2.63. The van der Waals surface area contributed by atoms with Crippen molar-refractivity contribution in [1.82, 2.24) is 5.32 Å². The molecule has 2 rings (SSSR count). The zero-order valence-electron chi connectivity index (χ0n) is 17.0. The van der Waals surface area contributed by atoms with Crippen molar-refractivity contribution < 1.29 is 22.7 Å². The van der Waals surface area contributed by atoms with Crippen LogP contribution in [0.3, 0.4) is 0 Å². The van der Waals surface area contributed by atoms with Crippen LogP contribution in [0.1, 0.15) is 40.5 Å². The van der Waals surface area contributed by atoms with Gasteiger partial charge in [0.05, 0.1) is 16.3 Å². The molecule has 1 aromatic carbocycles. The molecule has 8 nitrogen and oxygen atoms in total. The third kappa shape index (κ3) is 6.70. The fourth-order valence-corrected chi connectivity index (χ4v) is 3.36. The van der Waals surface area contributed by atoms with E-state index >= 15 is 0 Å². The molecule has 1 saturated carbocycles. The van der Waals surface area contributed by atoms with Crippen LogP contribution in [0.4, 0.5) is 16.2 Å². The summed E-state index contributed by atoms with van der Waals surface area (Å²) in [7, 11) is -3.48. The quantitative estimate of drug-likeness (QED) is 0.636. The molecule has 2 amide bonds. The maximum atomic E-state index is 12.5. The first-order valence-corrected chi connectivity index (χ1v) is 11.1. The number of anilines is 2. The maximum Gasteiger partial charge on any atom is 0.408 e. The van der Waals surface area contributed by atoms with Gasteiger partial charge in [-0.05, 0) is 58.6 Å². The van der Waals surface area contributed by atoms with E-state index in [-0.39, 0.29) is 4.90 Å². The molecule has 0 heterocycles. The molecule has 0 aliphatic heterocycles. The molecule has 0 unspecified atom stereocenters. The molecule has 0 saturated heterocycles. The number of carbonyl (C=O) groups excluding carboxylic acids is 2. The molecule has 1 aliphatic rings. The molecule has 1 aliphatic carbocycles. The van der Waals surface area contributed by atoms with E-state index in [0.29, 0.717) is 23.8 Å². The Balaban J connectivity index is 2.14. The molecule has 0 radical (unpaired) electrons. The largest absolute Gasteiger partial charge is 0.444 e. The third-order valence-corrected chi connectivity index (χ3v) is 5.21. The number of benzene rings is 1. The van der Waals surface area contributed by atoms with Crippen molar-refractivity contribution in [2.24, 2.45) is 5.92 Å². The lowest BCUT2D eigenvalue weighted by atomic mass is 10.2. The number of hydrogen-bond donors (Lipinski definition) is 3. The number of ether oxygens (including phenoxy) is 1. The van der Waals surface area contributed by atoms with Crippen LogP contribution in [0.2, 0.25) is 0 Å². The highest BCUT2D eigenvalue weighted by atomic mass is 32.2. The van der Waals surface area contributed by atoms with Crippen molar-refractivity contribution in [3.63, 3.8) is 0 Å². The standard InChI is InChI=1S/C19H29N3O5S/c1-12(21-18(24)27-19(2,3)4)17(23)22-14-7-6-8-15(28(5,25)26)16(14)20-11-13-9-10-13/h6-8,12-13,20H,9-11H2,1-5H3,(H,21,24)(H,22,23)/t12-/m0/s1. The number of hydrogen-bond acceptors (Lipinski definition) is 6. The minimum atomic E-state index is -3.48. The van der Waals surface area contributed by atoms with Crippen LogP contribution in [0.15, 0.2) is 23.1 Å². The van der Waals surface area contributed by atoms with Gasteiger partial charge < -0.3 is 20.7 Å². The van der Waals surface area contributed by atoms with Gasteiger partial charge in [0.2, 0.25) is 5.91 Å². The first kappa shape index (κ1) is 22.0. The predicted molar refractivity (Wildman–Crippen MR) is 108 cm³/mol. The number of nitrogens with one attached hydrogen (secondary N) is 3. The van der Waals surface area contributed by atoms with E-state index in [1.807, 2.05) is 0 Å². The molecule has 0 bridgehead atoms. The van der Waals surface area contributed by atoms with Gasteiger partial charge in [-0.25, -0.2) is 13.2 Å². The smallest absolute Gasteiger partial charge is 0.408 e. The summed E-state index contributed by atoms with van der Waals surface area (Å²) in [5.74, 6) is 0.0370. The van der Waals surface area contributed by atoms with E-state index in [1.54, 1.807) is 32.9 Å². The number of carbonyl (C=O) groups is 2. The lowest BCUT2D eigenvalue weighted by Crippen LogP contribution is -2.44. The first-order valence-electron chi connectivity index (χ1n) is 9.24. The Bertz CT molecular complexity index is 842. The van der Waals surface area contributed by atoms with E-state index in [9.17, 15) is 18.0 Å². The van der Waals surface area contributed by atoms with Crippen molar-refractivity contribution in [2.45, 2.75) is 57.1 Å². The summed E-state index contributed by atoms with van der Waals surface area (Å²) in [5.41, 5.74) is 0.0467. The summed E-state index contributed by atoms with van der Waals surface area (Å²) in [4.78, 5) is 24.5. The average molecular weight is 412 g/mol. The highest BCUT2D eigenvalue weighted by Crippen LogP contribution is 2.34. The summed E-state index contributed by atoms with van der Waals surface area (Å²) >= 11 is 0. The Kier molecular flexibility index (Phi) is 6.59. The van der Waals surface area contributed by atoms with E-state index in [1.165, 1.54) is 13.0 Å². The van der Waals surface area contributed by atoms with Crippen LogP contribution >= 0.6 is 0 Å². The molecular weight excluding hydrogens is 382 g/mol. The fourth-order valence-electron chi connectivity index (χ4n) is 2.49. The number of amides is 2. The summed E-state index contributed by atoms with van der Waals surface area (Å²) < 4.78 is 29.4. The van der Waals surface area contributed by atoms with Crippen molar-refractivity contribution in [1.29, 1.82) is 0 Å². The predicted octanol–water partition coefficient (Wildman–Crippen LogP) is 2.76. The highest BCUT2D eigenvalue weighted by molar-refractivity contribution is 7.90. The van der Waals surface area contributed by atoms with E-state index < -0.39 is 33.5 Å². The summed E-state index contributed by atoms with van der Waals surface area (Å²) in [5, 5.41) is 8.33. The van der Waals surface area contributed by atoms with Crippen LogP contribution in [0, 0.1) is 5.92 Å². The van der Waals surface area contributed by atoms with Crippen molar-refractivity contribution >= 4 is 33.2 Å². The Morgan fingerprint density at radius 1 is 1.25 bits per heavy atom. The Morgan fingerprint density at radius 3 is 2.43 bits per heavy atom. The number of rotatable bonds is 7. The fraction of sp³-hybridized carbons (Fsp3) is 0.579. The second kappa shape index (κ2) is 8.38. The van der Waals surface area contributed by atoms with Crippen LogP contribution < -0.4 is 16.0 Å². The maximum absolute atomic E-state index is 12.5. The van der Waals surface area contributed by atoms with Crippen molar-refractivity contribution in [3.8, 4) is 0 Å². The average Bonchev–Trinajstić information content (AvgIpc) is 3.34. The van der Waals surface area contributed by atoms with Crippen LogP contribution in [0.5, 0.6) is 0 Å². The molecule has 1 atom stereocenters. The lowest BCUT2D eigenvalue weighted by Gasteiger charge is -2.22. The lowest BCUT2D eigenvalue weighted by molar-refractivity contribution is -0.117. The Hall–Kier alpha value is -2.29. The normalized spacial score (nSPS) is 15.5. The summed E-state index contributed by atoms with van der Waals surface area (Å²) in [6, 6.07) is 3.83. The van der Waals surface area contributed by atoms with E-state index in [2.05, 4.69) is 16.0 Å². The first-order chi connectivity index (χ1) is 12.9. The molecule has 9 heteroatoms. The Morgan fingerprint density at radius 2 is 1.89 bits per heavy atom.